The van der Waals surface area contributed by atoms with Gasteiger partial charge >= 0.3 is 12.0 Å². The van der Waals surface area contributed by atoms with Crippen LogP contribution in [0.15, 0.2) is 18.3 Å². The Labute approximate surface area is 117 Å². The number of carboxylic acid groups (broad SMARTS) is 1. The molecule has 6 heteroatoms. The van der Waals surface area contributed by atoms with Crippen LogP contribution in [0.4, 0.5) is 10.5 Å². The Hall–Kier alpha value is -2.11. The summed E-state index contributed by atoms with van der Waals surface area (Å²) in [5, 5.41) is 14.4. The van der Waals surface area contributed by atoms with E-state index in [1.807, 2.05) is 0 Å². The lowest BCUT2D eigenvalue weighted by Crippen LogP contribution is -2.43. The Bertz CT molecular complexity index is 487. The van der Waals surface area contributed by atoms with Gasteiger partial charge in [0.1, 0.15) is 5.69 Å². The Morgan fingerprint density at radius 3 is 2.65 bits per heavy atom. The molecule has 1 aliphatic rings. The van der Waals surface area contributed by atoms with E-state index in [0.717, 1.165) is 19.3 Å². The molecule has 0 spiro atoms. The van der Waals surface area contributed by atoms with E-state index in [9.17, 15) is 9.59 Å². The van der Waals surface area contributed by atoms with E-state index in [-0.39, 0.29) is 17.8 Å². The maximum atomic E-state index is 11.9. The normalized spacial score (nSPS) is 22.1. The van der Waals surface area contributed by atoms with Gasteiger partial charge in [0, 0.05) is 6.04 Å². The molecule has 1 heterocycles. The average molecular weight is 277 g/mol. The molecule has 0 radical (unpaired) electrons. The first kappa shape index (κ1) is 14.3. The summed E-state index contributed by atoms with van der Waals surface area (Å²) in [6.07, 6.45) is 5.85. The van der Waals surface area contributed by atoms with Crippen molar-refractivity contribution in [1.29, 1.82) is 0 Å². The largest absolute Gasteiger partial charge is 0.477 e. The summed E-state index contributed by atoms with van der Waals surface area (Å²) >= 11 is 0. The fourth-order valence-corrected chi connectivity index (χ4v) is 2.46. The zero-order valence-corrected chi connectivity index (χ0v) is 11.4. The number of pyridine rings is 1. The second-order valence-electron chi connectivity index (χ2n) is 5.20. The third kappa shape index (κ3) is 3.69. The molecule has 1 saturated carbocycles. The van der Waals surface area contributed by atoms with Crippen molar-refractivity contribution in [3.05, 3.63) is 24.0 Å². The van der Waals surface area contributed by atoms with Crippen LogP contribution in [0, 0.1) is 5.92 Å². The molecule has 2 rings (SSSR count). The van der Waals surface area contributed by atoms with E-state index in [1.54, 1.807) is 0 Å². The first-order valence-corrected chi connectivity index (χ1v) is 6.83. The van der Waals surface area contributed by atoms with Gasteiger partial charge in [-0.1, -0.05) is 19.8 Å². The molecule has 1 fully saturated rings. The summed E-state index contributed by atoms with van der Waals surface area (Å²) in [5.74, 6) is -0.598. The lowest BCUT2D eigenvalue weighted by molar-refractivity contribution is 0.0690. The number of hydrogen-bond acceptors (Lipinski definition) is 3. The van der Waals surface area contributed by atoms with Crippen molar-refractivity contribution in [2.45, 2.75) is 38.6 Å². The number of hydrogen-bond donors (Lipinski definition) is 3. The van der Waals surface area contributed by atoms with E-state index in [2.05, 4.69) is 22.5 Å². The number of anilines is 1. The maximum Gasteiger partial charge on any atom is 0.354 e. The van der Waals surface area contributed by atoms with Crippen molar-refractivity contribution in [1.82, 2.24) is 10.3 Å². The van der Waals surface area contributed by atoms with E-state index in [4.69, 9.17) is 5.11 Å². The second kappa shape index (κ2) is 6.36. The molecule has 3 N–H and O–H groups in total. The quantitative estimate of drug-likeness (QED) is 0.791. The standard InChI is InChI=1S/C14H19N3O3/c1-9-4-2-3-5-11(9)17-14(20)16-10-6-7-12(13(18)19)15-8-10/h6-9,11H,2-5H2,1H3,(H,18,19)(H2,16,17,20). The average Bonchev–Trinajstić information content (AvgIpc) is 2.42. The minimum atomic E-state index is -1.09. The number of urea groups is 1. The lowest BCUT2D eigenvalue weighted by Gasteiger charge is -2.29. The second-order valence-corrected chi connectivity index (χ2v) is 5.20. The lowest BCUT2D eigenvalue weighted by atomic mass is 9.86. The molecule has 6 nitrogen and oxygen atoms in total. The molecule has 1 aromatic rings. The Morgan fingerprint density at radius 1 is 1.30 bits per heavy atom. The highest BCUT2D eigenvalue weighted by atomic mass is 16.4. The van der Waals surface area contributed by atoms with Gasteiger partial charge in [-0.3, -0.25) is 0 Å². The van der Waals surface area contributed by atoms with Crippen molar-refractivity contribution >= 4 is 17.7 Å². The molecular formula is C14H19N3O3. The smallest absolute Gasteiger partial charge is 0.354 e. The van der Waals surface area contributed by atoms with E-state index >= 15 is 0 Å². The van der Waals surface area contributed by atoms with Gasteiger partial charge in [-0.2, -0.15) is 0 Å². The minimum absolute atomic E-state index is 0.0446. The van der Waals surface area contributed by atoms with Crippen LogP contribution in [0.2, 0.25) is 0 Å². The van der Waals surface area contributed by atoms with Crippen LogP contribution in [0.25, 0.3) is 0 Å². The molecule has 2 amide bonds. The predicted molar refractivity (Wildman–Crippen MR) is 74.8 cm³/mol. The van der Waals surface area contributed by atoms with Crippen LogP contribution in [-0.2, 0) is 0 Å². The molecule has 0 bridgehead atoms. The maximum absolute atomic E-state index is 11.9. The van der Waals surface area contributed by atoms with Gasteiger partial charge in [-0.25, -0.2) is 14.6 Å². The van der Waals surface area contributed by atoms with Gasteiger partial charge in [0.2, 0.25) is 0 Å². The van der Waals surface area contributed by atoms with Gasteiger partial charge in [-0.05, 0) is 30.9 Å². The van der Waals surface area contributed by atoms with Crippen molar-refractivity contribution in [3.63, 3.8) is 0 Å². The number of nitrogens with one attached hydrogen (secondary N) is 2. The molecule has 0 aliphatic heterocycles. The van der Waals surface area contributed by atoms with Crippen LogP contribution in [-0.4, -0.2) is 28.1 Å². The van der Waals surface area contributed by atoms with Gasteiger partial charge in [0.25, 0.3) is 0 Å². The molecule has 108 valence electrons. The summed E-state index contributed by atoms with van der Waals surface area (Å²) in [6.45, 7) is 2.15. The summed E-state index contributed by atoms with van der Waals surface area (Å²) in [6, 6.07) is 2.82. The van der Waals surface area contributed by atoms with E-state index in [1.165, 1.54) is 24.8 Å². The molecule has 0 saturated heterocycles. The Morgan fingerprint density at radius 2 is 2.05 bits per heavy atom. The third-order valence-corrected chi connectivity index (χ3v) is 3.67. The third-order valence-electron chi connectivity index (χ3n) is 3.67. The number of nitrogens with zero attached hydrogens (tertiary/aromatic N) is 1. The number of amides is 2. The highest BCUT2D eigenvalue weighted by Gasteiger charge is 2.22. The summed E-state index contributed by atoms with van der Waals surface area (Å²) in [5.41, 5.74) is 0.438. The van der Waals surface area contributed by atoms with Gasteiger partial charge < -0.3 is 15.7 Å². The zero-order valence-electron chi connectivity index (χ0n) is 11.4. The molecule has 0 aromatic carbocycles. The van der Waals surface area contributed by atoms with Crippen molar-refractivity contribution in [3.8, 4) is 0 Å². The van der Waals surface area contributed by atoms with Crippen LogP contribution in [0.3, 0.4) is 0 Å². The number of carboxylic acids is 1. The van der Waals surface area contributed by atoms with Crippen LogP contribution in [0.1, 0.15) is 43.1 Å². The number of aromatic carboxylic acids is 1. The van der Waals surface area contributed by atoms with E-state index < -0.39 is 5.97 Å². The number of carbonyl (C=O) groups excluding carboxylic acids is 1. The molecule has 1 aromatic heterocycles. The van der Waals surface area contributed by atoms with Gasteiger partial charge in [0.05, 0.1) is 11.9 Å². The number of rotatable bonds is 3. The number of aromatic nitrogens is 1. The van der Waals surface area contributed by atoms with E-state index in [0.29, 0.717) is 11.6 Å². The van der Waals surface area contributed by atoms with Gasteiger partial charge in [0.15, 0.2) is 0 Å². The molecule has 2 atom stereocenters. The topological polar surface area (TPSA) is 91.3 Å². The van der Waals surface area contributed by atoms with Crippen LogP contribution in [0.5, 0.6) is 0 Å². The Balaban J connectivity index is 1.89. The fraction of sp³-hybridized carbons (Fsp3) is 0.500. The first-order chi connectivity index (χ1) is 9.56. The fourth-order valence-electron chi connectivity index (χ4n) is 2.46. The summed E-state index contributed by atoms with van der Waals surface area (Å²) in [4.78, 5) is 26.3. The highest BCUT2D eigenvalue weighted by Crippen LogP contribution is 2.23. The monoisotopic (exact) mass is 277 g/mol. The zero-order chi connectivity index (χ0) is 14.5. The molecule has 2 unspecified atom stereocenters. The van der Waals surface area contributed by atoms with Gasteiger partial charge in [-0.15, -0.1) is 0 Å². The first-order valence-electron chi connectivity index (χ1n) is 6.83. The molecule has 1 aliphatic carbocycles. The highest BCUT2D eigenvalue weighted by molar-refractivity contribution is 5.90. The van der Waals surface area contributed by atoms with Crippen LogP contribution >= 0.6 is 0 Å². The van der Waals surface area contributed by atoms with Crippen molar-refractivity contribution < 1.29 is 14.7 Å². The SMILES string of the molecule is CC1CCCCC1NC(=O)Nc1ccc(C(=O)O)nc1. The molecular weight excluding hydrogens is 258 g/mol. The summed E-state index contributed by atoms with van der Waals surface area (Å²) in [7, 11) is 0. The predicted octanol–water partition coefficient (Wildman–Crippen LogP) is 2.48. The Kier molecular flexibility index (Phi) is 4.55. The minimum Gasteiger partial charge on any atom is -0.477 e. The number of carbonyl (C=O) groups is 2. The summed E-state index contributed by atoms with van der Waals surface area (Å²) < 4.78 is 0. The van der Waals surface area contributed by atoms with Crippen LogP contribution < -0.4 is 10.6 Å². The molecule has 20 heavy (non-hydrogen) atoms. The van der Waals surface area contributed by atoms with Crippen molar-refractivity contribution in [2.24, 2.45) is 5.92 Å². The van der Waals surface area contributed by atoms with Crippen molar-refractivity contribution in [2.75, 3.05) is 5.32 Å².